The van der Waals surface area contributed by atoms with Crippen molar-refractivity contribution in [3.8, 4) is 0 Å². The lowest BCUT2D eigenvalue weighted by Gasteiger charge is -2.33. The van der Waals surface area contributed by atoms with Gasteiger partial charge in [-0.2, -0.15) is 13.2 Å². The van der Waals surface area contributed by atoms with Crippen LogP contribution in [0.3, 0.4) is 0 Å². The predicted octanol–water partition coefficient (Wildman–Crippen LogP) is 4.46. The number of rotatable bonds is 7. The highest BCUT2D eigenvalue weighted by atomic mass is 79.9. The van der Waals surface area contributed by atoms with E-state index in [9.17, 15) is 13.2 Å². The molecule has 0 fully saturated rings. The number of hydrogen-bond donors (Lipinski definition) is 0. The highest BCUT2D eigenvalue weighted by molar-refractivity contribution is 9.09. The molecule has 104 valence electrons. The molecule has 0 saturated carbocycles. The summed E-state index contributed by atoms with van der Waals surface area (Å²) in [6.45, 7) is 8.87. The summed E-state index contributed by atoms with van der Waals surface area (Å²) in [5.74, 6) is 0.378. The molecule has 0 aromatic carbocycles. The second-order valence-corrected chi connectivity index (χ2v) is 5.93. The zero-order valence-electron chi connectivity index (χ0n) is 11.0. The maximum absolute atomic E-state index is 12.5. The lowest BCUT2D eigenvalue weighted by Crippen LogP contribution is -2.44. The Morgan fingerprint density at radius 3 is 1.82 bits per heavy atom. The van der Waals surface area contributed by atoms with E-state index in [0.29, 0.717) is 12.5 Å². The molecule has 0 spiro atoms. The Balaban J connectivity index is 4.58. The van der Waals surface area contributed by atoms with E-state index < -0.39 is 11.0 Å². The number of alkyl halides is 4. The van der Waals surface area contributed by atoms with E-state index in [-0.39, 0.29) is 12.6 Å². The Kier molecular flexibility index (Phi) is 7.72. The third-order valence-electron chi connectivity index (χ3n) is 2.81. The maximum Gasteiger partial charge on any atom is 0.402 e. The maximum atomic E-state index is 12.5. The molecular weight excluding hydrogens is 295 g/mol. The van der Waals surface area contributed by atoms with Crippen LogP contribution in [0.5, 0.6) is 0 Å². The molecule has 0 amide bonds. The normalized spacial score (nSPS) is 15.0. The van der Waals surface area contributed by atoms with E-state index in [1.54, 1.807) is 0 Å². The Labute approximate surface area is 111 Å². The van der Waals surface area contributed by atoms with E-state index in [4.69, 9.17) is 0 Å². The van der Waals surface area contributed by atoms with E-state index in [2.05, 4.69) is 15.9 Å². The van der Waals surface area contributed by atoms with Gasteiger partial charge in [-0.1, -0.05) is 43.6 Å². The van der Waals surface area contributed by atoms with Crippen LogP contribution in [0.4, 0.5) is 13.2 Å². The molecule has 17 heavy (non-hydrogen) atoms. The van der Waals surface area contributed by atoms with Crippen molar-refractivity contribution in [1.29, 1.82) is 0 Å². The Bertz CT molecular complexity index is 202. The Hall–Kier alpha value is 0.230. The van der Waals surface area contributed by atoms with Gasteiger partial charge in [-0.05, 0) is 18.8 Å². The molecule has 0 aliphatic carbocycles. The summed E-state index contributed by atoms with van der Waals surface area (Å²) in [4.78, 5) is 0.520. The standard InChI is InChI=1S/C12H23BrF3N/c1-5-10(6-2)17(7-9(3)4)8-11(13)12(14,15)16/h9-11H,5-8H2,1-4H3. The van der Waals surface area contributed by atoms with Crippen molar-refractivity contribution in [3.05, 3.63) is 0 Å². The molecular formula is C12H23BrF3N. The van der Waals surface area contributed by atoms with Gasteiger partial charge in [-0.15, -0.1) is 0 Å². The molecule has 5 heteroatoms. The SMILES string of the molecule is CCC(CC)N(CC(C)C)CC(Br)C(F)(F)F. The van der Waals surface area contributed by atoms with Gasteiger partial charge in [-0.25, -0.2) is 0 Å². The smallest absolute Gasteiger partial charge is 0.299 e. The predicted molar refractivity (Wildman–Crippen MR) is 69.6 cm³/mol. The minimum Gasteiger partial charge on any atom is -0.299 e. The average Bonchev–Trinajstić information content (AvgIpc) is 2.16. The van der Waals surface area contributed by atoms with Crippen molar-refractivity contribution in [3.63, 3.8) is 0 Å². The van der Waals surface area contributed by atoms with Gasteiger partial charge in [0.15, 0.2) is 0 Å². The molecule has 0 aromatic heterocycles. The summed E-state index contributed by atoms with van der Waals surface area (Å²) >= 11 is 2.75. The minimum atomic E-state index is -4.17. The molecule has 0 heterocycles. The molecule has 0 aliphatic heterocycles. The molecule has 0 aromatic rings. The second kappa shape index (κ2) is 7.62. The fourth-order valence-corrected chi connectivity index (χ4v) is 2.33. The van der Waals surface area contributed by atoms with E-state index in [1.165, 1.54) is 0 Å². The number of hydrogen-bond acceptors (Lipinski definition) is 1. The lowest BCUT2D eigenvalue weighted by molar-refractivity contribution is -0.132. The summed E-state index contributed by atoms with van der Waals surface area (Å²) in [5, 5.41) is 0. The van der Waals surface area contributed by atoms with Gasteiger partial charge in [0, 0.05) is 19.1 Å². The third kappa shape index (κ3) is 6.65. The summed E-state index contributed by atoms with van der Waals surface area (Å²) in [5.41, 5.74) is 0. The monoisotopic (exact) mass is 317 g/mol. The van der Waals surface area contributed by atoms with E-state index in [0.717, 1.165) is 12.8 Å². The highest BCUT2D eigenvalue weighted by Gasteiger charge is 2.39. The van der Waals surface area contributed by atoms with Crippen LogP contribution in [-0.4, -0.2) is 35.0 Å². The van der Waals surface area contributed by atoms with Crippen LogP contribution in [0.25, 0.3) is 0 Å². The van der Waals surface area contributed by atoms with Gasteiger partial charge in [0.2, 0.25) is 0 Å². The molecule has 0 radical (unpaired) electrons. The summed E-state index contributed by atoms with van der Waals surface area (Å²) in [7, 11) is 0. The van der Waals surface area contributed by atoms with Crippen molar-refractivity contribution < 1.29 is 13.2 Å². The van der Waals surface area contributed by atoms with Crippen LogP contribution in [0.1, 0.15) is 40.5 Å². The van der Waals surface area contributed by atoms with Gasteiger partial charge in [-0.3, -0.25) is 4.90 Å². The molecule has 0 saturated heterocycles. The Morgan fingerprint density at radius 2 is 1.53 bits per heavy atom. The third-order valence-corrected chi connectivity index (χ3v) is 3.62. The van der Waals surface area contributed by atoms with Gasteiger partial charge in [0.1, 0.15) is 4.83 Å². The largest absolute Gasteiger partial charge is 0.402 e. The van der Waals surface area contributed by atoms with Crippen LogP contribution in [0.2, 0.25) is 0 Å². The van der Waals surface area contributed by atoms with Crippen molar-refractivity contribution in [2.45, 2.75) is 57.6 Å². The van der Waals surface area contributed by atoms with E-state index in [1.807, 2.05) is 32.6 Å². The minimum absolute atomic E-state index is 0.0357. The van der Waals surface area contributed by atoms with Crippen LogP contribution >= 0.6 is 15.9 Å². The summed E-state index contributed by atoms with van der Waals surface area (Å²) < 4.78 is 37.6. The van der Waals surface area contributed by atoms with Crippen molar-refractivity contribution in [1.82, 2.24) is 4.90 Å². The highest BCUT2D eigenvalue weighted by Crippen LogP contribution is 2.28. The zero-order valence-corrected chi connectivity index (χ0v) is 12.6. The first-order valence-electron chi connectivity index (χ1n) is 6.17. The van der Waals surface area contributed by atoms with Crippen LogP contribution in [0, 0.1) is 5.92 Å². The van der Waals surface area contributed by atoms with E-state index >= 15 is 0 Å². The van der Waals surface area contributed by atoms with Crippen LogP contribution in [0.15, 0.2) is 0 Å². The quantitative estimate of drug-likeness (QED) is 0.627. The molecule has 0 aliphatic rings. The van der Waals surface area contributed by atoms with Crippen LogP contribution in [-0.2, 0) is 0 Å². The van der Waals surface area contributed by atoms with Gasteiger partial charge < -0.3 is 0 Å². The fourth-order valence-electron chi connectivity index (χ4n) is 1.96. The van der Waals surface area contributed by atoms with Crippen molar-refractivity contribution in [2.24, 2.45) is 5.92 Å². The first-order chi connectivity index (χ1) is 7.72. The summed E-state index contributed by atoms with van der Waals surface area (Å²) in [6.07, 6.45) is -2.39. The molecule has 0 rings (SSSR count). The van der Waals surface area contributed by atoms with Crippen molar-refractivity contribution >= 4 is 15.9 Å². The first kappa shape index (κ1) is 17.2. The van der Waals surface area contributed by atoms with Crippen molar-refractivity contribution in [2.75, 3.05) is 13.1 Å². The molecule has 1 nitrogen and oxygen atoms in total. The second-order valence-electron chi connectivity index (χ2n) is 4.83. The zero-order chi connectivity index (χ0) is 13.6. The number of halogens is 4. The lowest BCUT2D eigenvalue weighted by atomic mass is 10.1. The fraction of sp³-hybridized carbons (Fsp3) is 1.00. The number of nitrogens with zero attached hydrogens (tertiary/aromatic N) is 1. The molecule has 1 unspecified atom stereocenters. The molecule has 0 N–H and O–H groups in total. The van der Waals surface area contributed by atoms with Gasteiger partial charge in [0.25, 0.3) is 0 Å². The summed E-state index contributed by atoms with van der Waals surface area (Å²) in [6, 6.07) is 0.236. The topological polar surface area (TPSA) is 3.24 Å². The van der Waals surface area contributed by atoms with Crippen LogP contribution < -0.4 is 0 Å². The Morgan fingerprint density at radius 1 is 1.06 bits per heavy atom. The average molecular weight is 318 g/mol. The first-order valence-corrected chi connectivity index (χ1v) is 7.08. The van der Waals surface area contributed by atoms with Gasteiger partial charge in [0.05, 0.1) is 0 Å². The molecule has 1 atom stereocenters. The van der Waals surface area contributed by atoms with Gasteiger partial charge >= 0.3 is 6.18 Å². The molecule has 0 bridgehead atoms.